The molecule has 23 heavy (non-hydrogen) atoms. The van der Waals surface area contributed by atoms with Crippen LogP contribution in [0.25, 0.3) is 0 Å². The lowest BCUT2D eigenvalue weighted by Crippen LogP contribution is -2.14. The van der Waals surface area contributed by atoms with Crippen LogP contribution in [0.15, 0.2) is 47.4 Å². The molecule has 2 aromatic carbocycles. The molecular formula is C14H11ClF3NO3S. The molecule has 0 unspecified atom stereocenters. The van der Waals surface area contributed by atoms with Crippen molar-refractivity contribution in [1.29, 1.82) is 0 Å². The van der Waals surface area contributed by atoms with Crippen molar-refractivity contribution in [2.45, 2.75) is 11.1 Å². The van der Waals surface area contributed by atoms with Gasteiger partial charge in [-0.1, -0.05) is 11.6 Å². The number of hydrogen-bond donors (Lipinski definition) is 1. The van der Waals surface area contributed by atoms with Crippen molar-refractivity contribution in [2.75, 3.05) is 11.8 Å². The molecule has 0 atom stereocenters. The summed E-state index contributed by atoms with van der Waals surface area (Å²) in [5, 5.41) is 0.274. The molecule has 0 aliphatic carbocycles. The van der Waals surface area contributed by atoms with Crippen LogP contribution >= 0.6 is 11.6 Å². The van der Waals surface area contributed by atoms with Crippen LogP contribution in [0.3, 0.4) is 0 Å². The molecule has 4 nitrogen and oxygen atoms in total. The molecule has 2 rings (SSSR count). The number of alkyl halides is 3. The number of benzene rings is 2. The van der Waals surface area contributed by atoms with Gasteiger partial charge in [-0.05, 0) is 42.5 Å². The van der Waals surface area contributed by atoms with Crippen LogP contribution in [0.5, 0.6) is 5.75 Å². The maximum atomic E-state index is 12.5. The van der Waals surface area contributed by atoms with E-state index in [0.29, 0.717) is 12.1 Å². The van der Waals surface area contributed by atoms with E-state index in [1.807, 2.05) is 0 Å². The van der Waals surface area contributed by atoms with E-state index in [1.54, 1.807) is 0 Å². The Labute approximate surface area is 135 Å². The van der Waals surface area contributed by atoms with Crippen LogP contribution in [-0.2, 0) is 16.2 Å². The highest BCUT2D eigenvalue weighted by molar-refractivity contribution is 7.92. The molecule has 0 aromatic heterocycles. The van der Waals surface area contributed by atoms with Crippen molar-refractivity contribution >= 4 is 27.3 Å². The number of halogens is 4. The third-order valence-corrected chi connectivity index (χ3v) is 4.51. The number of anilines is 1. The molecule has 1 N–H and O–H groups in total. The number of sulfonamides is 1. The fraction of sp³-hybridized carbons (Fsp3) is 0.143. The van der Waals surface area contributed by atoms with E-state index >= 15 is 0 Å². The molecular weight excluding hydrogens is 355 g/mol. The van der Waals surface area contributed by atoms with Gasteiger partial charge in [0.1, 0.15) is 5.75 Å². The van der Waals surface area contributed by atoms with Crippen LogP contribution in [0.4, 0.5) is 18.9 Å². The lowest BCUT2D eigenvalue weighted by Gasteiger charge is -2.13. The first-order valence-corrected chi connectivity index (χ1v) is 8.03. The second kappa shape index (κ2) is 6.29. The first-order valence-electron chi connectivity index (χ1n) is 6.17. The zero-order chi connectivity index (χ0) is 17.3. The van der Waals surface area contributed by atoms with E-state index in [9.17, 15) is 21.6 Å². The predicted octanol–water partition coefficient (Wildman–Crippen LogP) is 4.17. The SMILES string of the molecule is COc1ccc(Cl)cc1NS(=O)(=O)c1ccc(C(F)(F)F)cc1. The van der Waals surface area contributed by atoms with Crippen molar-refractivity contribution < 1.29 is 26.3 Å². The summed E-state index contributed by atoms with van der Waals surface area (Å²) in [6.07, 6.45) is -4.54. The van der Waals surface area contributed by atoms with Crippen molar-refractivity contribution in [3.63, 3.8) is 0 Å². The van der Waals surface area contributed by atoms with Crippen molar-refractivity contribution in [2.24, 2.45) is 0 Å². The van der Waals surface area contributed by atoms with Gasteiger partial charge < -0.3 is 4.74 Å². The second-order valence-corrected chi connectivity index (χ2v) is 6.59. The molecule has 2 aromatic rings. The molecule has 0 heterocycles. The largest absolute Gasteiger partial charge is 0.495 e. The summed E-state index contributed by atoms with van der Waals surface area (Å²) in [6, 6.07) is 7.46. The van der Waals surface area contributed by atoms with E-state index < -0.39 is 21.8 Å². The van der Waals surface area contributed by atoms with Crippen LogP contribution in [0, 0.1) is 0 Å². The third-order valence-electron chi connectivity index (χ3n) is 2.90. The van der Waals surface area contributed by atoms with E-state index in [2.05, 4.69) is 4.72 Å². The summed E-state index contributed by atoms with van der Waals surface area (Å²) in [6.45, 7) is 0. The smallest absolute Gasteiger partial charge is 0.416 e. The Bertz CT molecular complexity index is 805. The average molecular weight is 366 g/mol. The standard InChI is InChI=1S/C14H11ClF3NO3S/c1-22-13-7-4-10(15)8-12(13)19-23(20,21)11-5-2-9(3-6-11)14(16,17)18/h2-8,19H,1H3. The van der Waals surface area contributed by atoms with Gasteiger partial charge in [-0.25, -0.2) is 8.42 Å². The maximum absolute atomic E-state index is 12.5. The molecule has 9 heteroatoms. The van der Waals surface area contributed by atoms with Gasteiger partial charge in [-0.2, -0.15) is 13.2 Å². The Morgan fingerprint density at radius 1 is 1.09 bits per heavy atom. The van der Waals surface area contributed by atoms with Crippen molar-refractivity contribution in [3.05, 3.63) is 53.1 Å². The lowest BCUT2D eigenvalue weighted by molar-refractivity contribution is -0.137. The Hall–Kier alpha value is -1.93. The molecule has 0 amide bonds. The Balaban J connectivity index is 2.34. The van der Waals surface area contributed by atoms with Crippen LogP contribution in [0.1, 0.15) is 5.56 Å². The Kier molecular flexibility index (Phi) is 4.76. The van der Waals surface area contributed by atoms with Gasteiger partial charge in [0.25, 0.3) is 10.0 Å². The summed E-state index contributed by atoms with van der Waals surface area (Å²) in [7, 11) is -2.73. The van der Waals surface area contributed by atoms with E-state index in [0.717, 1.165) is 12.1 Å². The summed E-state index contributed by atoms with van der Waals surface area (Å²) in [5.74, 6) is 0.227. The second-order valence-electron chi connectivity index (χ2n) is 4.47. The van der Waals surface area contributed by atoms with Crippen LogP contribution in [0.2, 0.25) is 5.02 Å². The number of ether oxygens (including phenoxy) is 1. The van der Waals surface area contributed by atoms with Crippen LogP contribution < -0.4 is 9.46 Å². The van der Waals surface area contributed by atoms with Gasteiger partial charge in [-0.15, -0.1) is 0 Å². The lowest BCUT2D eigenvalue weighted by atomic mass is 10.2. The predicted molar refractivity (Wildman–Crippen MR) is 80.3 cm³/mol. The number of hydrogen-bond acceptors (Lipinski definition) is 3. The summed E-state index contributed by atoms with van der Waals surface area (Å²) < 4.78 is 69.3. The molecule has 0 saturated carbocycles. The number of nitrogens with one attached hydrogen (secondary N) is 1. The van der Waals surface area contributed by atoms with E-state index in [-0.39, 0.29) is 21.4 Å². The third kappa shape index (κ3) is 4.08. The summed E-state index contributed by atoms with van der Waals surface area (Å²) in [5.41, 5.74) is -0.850. The monoisotopic (exact) mass is 365 g/mol. The zero-order valence-corrected chi connectivity index (χ0v) is 13.3. The van der Waals surface area contributed by atoms with Crippen molar-refractivity contribution in [3.8, 4) is 5.75 Å². The number of methoxy groups -OCH3 is 1. The van der Waals surface area contributed by atoms with Gasteiger partial charge in [0.05, 0.1) is 23.3 Å². The Morgan fingerprint density at radius 2 is 1.70 bits per heavy atom. The van der Waals surface area contributed by atoms with E-state index in [4.69, 9.17) is 16.3 Å². The molecule has 0 saturated heterocycles. The Morgan fingerprint density at radius 3 is 2.22 bits per heavy atom. The van der Waals surface area contributed by atoms with Gasteiger partial charge in [0.15, 0.2) is 0 Å². The molecule has 0 fully saturated rings. The quantitative estimate of drug-likeness (QED) is 0.884. The van der Waals surface area contributed by atoms with Crippen LogP contribution in [-0.4, -0.2) is 15.5 Å². The molecule has 0 aliphatic heterocycles. The molecule has 0 radical (unpaired) electrons. The fourth-order valence-electron chi connectivity index (χ4n) is 1.79. The molecule has 0 aliphatic rings. The first-order chi connectivity index (χ1) is 10.6. The van der Waals surface area contributed by atoms with Crippen molar-refractivity contribution in [1.82, 2.24) is 0 Å². The minimum Gasteiger partial charge on any atom is -0.495 e. The normalized spacial score (nSPS) is 12.0. The molecule has 124 valence electrons. The molecule has 0 bridgehead atoms. The topological polar surface area (TPSA) is 55.4 Å². The highest BCUT2D eigenvalue weighted by atomic mass is 35.5. The summed E-state index contributed by atoms with van der Waals surface area (Å²) in [4.78, 5) is -0.312. The van der Waals surface area contributed by atoms with Gasteiger partial charge >= 0.3 is 6.18 Å². The van der Waals surface area contributed by atoms with E-state index in [1.165, 1.54) is 25.3 Å². The van der Waals surface area contributed by atoms with Gasteiger partial charge in [0, 0.05) is 5.02 Å². The maximum Gasteiger partial charge on any atom is 0.416 e. The number of rotatable bonds is 4. The minimum absolute atomic E-state index is 0.0832. The average Bonchev–Trinajstić information content (AvgIpc) is 2.46. The highest BCUT2D eigenvalue weighted by Gasteiger charge is 2.30. The highest BCUT2D eigenvalue weighted by Crippen LogP contribution is 2.32. The summed E-state index contributed by atoms with van der Waals surface area (Å²) >= 11 is 5.80. The minimum atomic E-state index is -4.54. The fourth-order valence-corrected chi connectivity index (χ4v) is 3.02. The van der Waals surface area contributed by atoms with Gasteiger partial charge in [-0.3, -0.25) is 4.72 Å². The molecule has 0 spiro atoms. The zero-order valence-electron chi connectivity index (χ0n) is 11.7. The first kappa shape index (κ1) is 17.4. The van der Waals surface area contributed by atoms with Gasteiger partial charge in [0.2, 0.25) is 0 Å².